The molecule has 0 heterocycles. The highest BCUT2D eigenvalue weighted by molar-refractivity contribution is 5.10. The molecule has 9 atom stereocenters. The first-order valence-corrected chi connectivity index (χ1v) is 10.3. The van der Waals surface area contributed by atoms with Crippen LogP contribution in [0.2, 0.25) is 0 Å². The van der Waals surface area contributed by atoms with E-state index in [9.17, 15) is 10.2 Å². The van der Waals surface area contributed by atoms with E-state index in [0.29, 0.717) is 11.3 Å². The molecule has 2 N–H and O–H groups in total. The summed E-state index contributed by atoms with van der Waals surface area (Å²) in [5.41, 5.74) is 0.637. The SMILES string of the molecule is CC[C@H]1C[C@H]2[C@@H]3CC[C@H]4C[C@@H](O)CC[C@]4(C)[C@H]3CC[C@]2(C)[C@H]1O. The average Bonchev–Trinajstić information content (AvgIpc) is 2.79. The Bertz CT molecular complexity index is 463. The molecular formula is C21H36O2. The Morgan fingerprint density at radius 1 is 0.870 bits per heavy atom. The fourth-order valence-electron chi connectivity index (χ4n) is 7.78. The minimum Gasteiger partial charge on any atom is -0.393 e. The molecule has 0 aliphatic heterocycles. The maximum absolute atomic E-state index is 10.9. The second kappa shape index (κ2) is 5.46. The van der Waals surface area contributed by atoms with Crippen molar-refractivity contribution in [3.63, 3.8) is 0 Å². The summed E-state index contributed by atoms with van der Waals surface area (Å²) in [6, 6.07) is 0. The number of rotatable bonds is 1. The standard InChI is InChI=1S/C21H36O2/c1-4-13-11-18-16-6-5-14-12-15(22)7-9-20(14,2)17(16)8-10-21(18,3)19(13)23/h13-19,22-23H,4-12H2,1-3H3/t13-,14-,15-,16+,17-,18-,19-,20-,21-/m0/s1. The van der Waals surface area contributed by atoms with E-state index < -0.39 is 0 Å². The molecule has 0 aromatic carbocycles. The van der Waals surface area contributed by atoms with E-state index >= 15 is 0 Å². The van der Waals surface area contributed by atoms with Crippen molar-refractivity contribution in [2.24, 2.45) is 40.4 Å². The normalized spacial score (nSPS) is 59.1. The van der Waals surface area contributed by atoms with Gasteiger partial charge in [-0.1, -0.05) is 27.2 Å². The Morgan fingerprint density at radius 3 is 2.35 bits per heavy atom. The molecule has 4 rings (SSSR count). The lowest BCUT2D eigenvalue weighted by Crippen LogP contribution is -2.54. The summed E-state index contributed by atoms with van der Waals surface area (Å²) in [5.74, 6) is 3.68. The highest BCUT2D eigenvalue weighted by Crippen LogP contribution is 2.67. The van der Waals surface area contributed by atoms with Crippen LogP contribution in [0.15, 0.2) is 0 Å². The topological polar surface area (TPSA) is 40.5 Å². The highest BCUT2D eigenvalue weighted by Gasteiger charge is 2.61. The lowest BCUT2D eigenvalue weighted by Gasteiger charge is -2.60. The van der Waals surface area contributed by atoms with Crippen LogP contribution in [0.1, 0.15) is 78.6 Å². The van der Waals surface area contributed by atoms with Crippen LogP contribution >= 0.6 is 0 Å². The predicted molar refractivity (Wildman–Crippen MR) is 92.9 cm³/mol. The lowest BCUT2D eigenvalue weighted by atomic mass is 9.45. The van der Waals surface area contributed by atoms with Gasteiger partial charge in [0, 0.05) is 0 Å². The Labute approximate surface area is 142 Å². The molecule has 23 heavy (non-hydrogen) atoms. The molecule has 4 fully saturated rings. The molecule has 2 nitrogen and oxygen atoms in total. The third-order valence-corrected chi connectivity index (χ3v) is 9.28. The Balaban J connectivity index is 1.62. The van der Waals surface area contributed by atoms with Gasteiger partial charge < -0.3 is 10.2 Å². The smallest absolute Gasteiger partial charge is 0.0624 e. The van der Waals surface area contributed by atoms with E-state index in [1.807, 2.05) is 0 Å². The Morgan fingerprint density at radius 2 is 1.61 bits per heavy atom. The molecule has 2 heteroatoms. The molecule has 0 bridgehead atoms. The summed E-state index contributed by atoms with van der Waals surface area (Å²) >= 11 is 0. The zero-order chi connectivity index (χ0) is 16.4. The van der Waals surface area contributed by atoms with Crippen LogP contribution in [0.3, 0.4) is 0 Å². The first-order chi connectivity index (χ1) is 10.9. The maximum atomic E-state index is 10.9. The van der Waals surface area contributed by atoms with Gasteiger partial charge in [0.2, 0.25) is 0 Å². The van der Waals surface area contributed by atoms with Gasteiger partial charge in [0.05, 0.1) is 12.2 Å². The fraction of sp³-hybridized carbons (Fsp3) is 1.00. The van der Waals surface area contributed by atoms with Crippen molar-refractivity contribution in [3.05, 3.63) is 0 Å². The van der Waals surface area contributed by atoms with E-state index in [0.717, 1.165) is 42.9 Å². The van der Waals surface area contributed by atoms with Crippen LogP contribution in [0, 0.1) is 40.4 Å². The lowest BCUT2D eigenvalue weighted by molar-refractivity contribution is -0.134. The van der Waals surface area contributed by atoms with Crippen LogP contribution in [-0.4, -0.2) is 22.4 Å². The van der Waals surface area contributed by atoms with Crippen molar-refractivity contribution in [2.75, 3.05) is 0 Å². The quantitative estimate of drug-likeness (QED) is 0.752. The van der Waals surface area contributed by atoms with Gasteiger partial charge in [0.15, 0.2) is 0 Å². The highest BCUT2D eigenvalue weighted by atomic mass is 16.3. The van der Waals surface area contributed by atoms with Gasteiger partial charge in [-0.2, -0.15) is 0 Å². The zero-order valence-corrected chi connectivity index (χ0v) is 15.3. The summed E-state index contributed by atoms with van der Waals surface area (Å²) in [7, 11) is 0. The van der Waals surface area contributed by atoms with Crippen LogP contribution in [0.5, 0.6) is 0 Å². The summed E-state index contributed by atoms with van der Waals surface area (Å²) in [4.78, 5) is 0. The number of hydrogen-bond donors (Lipinski definition) is 2. The number of aliphatic hydroxyl groups is 2. The molecule has 0 saturated heterocycles. The van der Waals surface area contributed by atoms with E-state index in [1.54, 1.807) is 0 Å². The van der Waals surface area contributed by atoms with E-state index in [1.165, 1.54) is 38.5 Å². The molecular weight excluding hydrogens is 284 g/mol. The molecule has 4 saturated carbocycles. The van der Waals surface area contributed by atoms with Crippen LogP contribution in [0.25, 0.3) is 0 Å². The zero-order valence-electron chi connectivity index (χ0n) is 15.3. The fourth-order valence-corrected chi connectivity index (χ4v) is 7.78. The van der Waals surface area contributed by atoms with Gasteiger partial charge in [0.25, 0.3) is 0 Å². The van der Waals surface area contributed by atoms with Crippen molar-refractivity contribution in [2.45, 2.75) is 90.8 Å². The number of fused-ring (bicyclic) bond motifs is 5. The summed E-state index contributed by atoms with van der Waals surface area (Å²) in [6.07, 6.45) is 10.8. The predicted octanol–water partition coefficient (Wildman–Crippen LogP) is 4.39. The van der Waals surface area contributed by atoms with Crippen LogP contribution < -0.4 is 0 Å². The van der Waals surface area contributed by atoms with Crippen molar-refractivity contribution in [3.8, 4) is 0 Å². The van der Waals surface area contributed by atoms with Gasteiger partial charge in [-0.05, 0) is 91.8 Å². The molecule has 0 unspecified atom stereocenters. The van der Waals surface area contributed by atoms with Crippen molar-refractivity contribution in [1.29, 1.82) is 0 Å². The Kier molecular flexibility index (Phi) is 3.89. The van der Waals surface area contributed by atoms with Crippen molar-refractivity contribution < 1.29 is 10.2 Å². The second-order valence-electron chi connectivity index (χ2n) is 9.98. The van der Waals surface area contributed by atoms with Crippen LogP contribution in [0.4, 0.5) is 0 Å². The number of aliphatic hydroxyl groups excluding tert-OH is 2. The summed E-state index contributed by atoms with van der Waals surface area (Å²) < 4.78 is 0. The molecule has 132 valence electrons. The van der Waals surface area contributed by atoms with Gasteiger partial charge in [-0.3, -0.25) is 0 Å². The number of hydrogen-bond acceptors (Lipinski definition) is 2. The van der Waals surface area contributed by atoms with Gasteiger partial charge in [-0.25, -0.2) is 0 Å². The Hall–Kier alpha value is -0.0800. The van der Waals surface area contributed by atoms with Gasteiger partial charge in [0.1, 0.15) is 0 Å². The monoisotopic (exact) mass is 320 g/mol. The van der Waals surface area contributed by atoms with E-state index in [-0.39, 0.29) is 17.6 Å². The summed E-state index contributed by atoms with van der Waals surface area (Å²) in [6.45, 7) is 7.20. The molecule has 4 aliphatic carbocycles. The van der Waals surface area contributed by atoms with Crippen molar-refractivity contribution in [1.82, 2.24) is 0 Å². The van der Waals surface area contributed by atoms with Crippen molar-refractivity contribution >= 4 is 0 Å². The van der Waals surface area contributed by atoms with E-state index in [2.05, 4.69) is 20.8 Å². The van der Waals surface area contributed by atoms with E-state index in [4.69, 9.17) is 0 Å². The average molecular weight is 321 g/mol. The van der Waals surface area contributed by atoms with Gasteiger partial charge >= 0.3 is 0 Å². The first kappa shape index (κ1) is 16.4. The molecule has 0 radical (unpaired) electrons. The van der Waals surface area contributed by atoms with Crippen LogP contribution in [-0.2, 0) is 0 Å². The van der Waals surface area contributed by atoms with Gasteiger partial charge in [-0.15, -0.1) is 0 Å². The molecule has 0 amide bonds. The second-order valence-corrected chi connectivity index (χ2v) is 9.98. The molecule has 4 aliphatic rings. The molecule has 0 spiro atoms. The third kappa shape index (κ3) is 2.20. The minimum atomic E-state index is -0.0721. The third-order valence-electron chi connectivity index (χ3n) is 9.28. The minimum absolute atomic E-state index is 0.0451. The molecule has 0 aromatic heterocycles. The maximum Gasteiger partial charge on any atom is 0.0624 e. The first-order valence-electron chi connectivity index (χ1n) is 10.3. The summed E-state index contributed by atoms with van der Waals surface area (Å²) in [5, 5.41) is 21.1. The molecule has 0 aromatic rings. The largest absolute Gasteiger partial charge is 0.393 e.